The molecule has 136 valence electrons. The number of hydrogen-bond acceptors (Lipinski definition) is 5. The van der Waals surface area contributed by atoms with Gasteiger partial charge >= 0.3 is 5.97 Å². The number of hydrogen-bond donors (Lipinski definition) is 0. The van der Waals surface area contributed by atoms with Crippen LogP contribution in [0.15, 0.2) is 16.3 Å². The van der Waals surface area contributed by atoms with Gasteiger partial charge < -0.3 is 9.64 Å². The monoisotopic (exact) mass is 335 g/mol. The predicted octanol–water partition coefficient (Wildman–Crippen LogP) is 2.92. The maximum absolute atomic E-state index is 11.7. The SMILES string of the molecule is COC(=O)CN1CCN2C(C(C)(C)C)=N[C@@H](C)C(C(C)(C)C)=C2C1. The third-order valence-electron chi connectivity index (χ3n) is 4.70. The van der Waals surface area contributed by atoms with Gasteiger partial charge in [-0.2, -0.15) is 0 Å². The van der Waals surface area contributed by atoms with Gasteiger partial charge in [-0.15, -0.1) is 0 Å². The van der Waals surface area contributed by atoms with Crippen LogP contribution in [0.1, 0.15) is 48.5 Å². The number of piperazine rings is 1. The molecule has 2 rings (SSSR count). The Morgan fingerprint density at radius 1 is 1.17 bits per heavy atom. The summed E-state index contributed by atoms with van der Waals surface area (Å²) < 4.78 is 4.85. The average molecular weight is 335 g/mol. The van der Waals surface area contributed by atoms with Gasteiger partial charge in [0.25, 0.3) is 0 Å². The number of amidine groups is 1. The molecule has 1 fully saturated rings. The number of rotatable bonds is 2. The van der Waals surface area contributed by atoms with Crippen molar-refractivity contribution in [1.82, 2.24) is 9.80 Å². The van der Waals surface area contributed by atoms with E-state index in [4.69, 9.17) is 9.73 Å². The third-order valence-corrected chi connectivity index (χ3v) is 4.70. The maximum atomic E-state index is 11.7. The molecule has 0 N–H and O–H groups in total. The van der Waals surface area contributed by atoms with Crippen LogP contribution >= 0.6 is 0 Å². The summed E-state index contributed by atoms with van der Waals surface area (Å²) in [4.78, 5) is 21.3. The van der Waals surface area contributed by atoms with Gasteiger partial charge in [-0.25, -0.2) is 0 Å². The lowest BCUT2D eigenvalue weighted by atomic mass is 9.78. The van der Waals surface area contributed by atoms with E-state index in [-0.39, 0.29) is 22.8 Å². The minimum Gasteiger partial charge on any atom is -0.468 e. The standard InChI is InChI=1S/C19H33N3O2/c1-13-16(18(2,3)4)14-11-21(12-15(23)24-8)9-10-22(14)17(20-13)19(5,6)7/h13H,9-12H2,1-8H3/t13-/m0/s1. The smallest absolute Gasteiger partial charge is 0.319 e. The molecule has 24 heavy (non-hydrogen) atoms. The van der Waals surface area contributed by atoms with E-state index in [9.17, 15) is 4.79 Å². The summed E-state index contributed by atoms with van der Waals surface area (Å²) in [5.41, 5.74) is 2.76. The topological polar surface area (TPSA) is 45.1 Å². The zero-order valence-corrected chi connectivity index (χ0v) is 16.6. The van der Waals surface area contributed by atoms with E-state index in [2.05, 4.69) is 58.3 Å². The summed E-state index contributed by atoms with van der Waals surface area (Å²) in [5, 5.41) is 0. The van der Waals surface area contributed by atoms with Crippen LogP contribution in [-0.2, 0) is 9.53 Å². The Morgan fingerprint density at radius 3 is 2.29 bits per heavy atom. The first kappa shape index (κ1) is 19.0. The molecule has 2 aliphatic rings. The second-order valence-electron chi connectivity index (χ2n) is 8.93. The molecule has 0 aromatic rings. The molecule has 2 heterocycles. The fourth-order valence-corrected chi connectivity index (χ4v) is 3.82. The third kappa shape index (κ3) is 3.82. The number of ether oxygens (including phenoxy) is 1. The quantitative estimate of drug-likeness (QED) is 0.728. The lowest BCUT2D eigenvalue weighted by molar-refractivity contribution is -0.142. The molecular weight excluding hydrogens is 302 g/mol. The Hall–Kier alpha value is -1.36. The lowest BCUT2D eigenvalue weighted by Gasteiger charge is -2.48. The van der Waals surface area contributed by atoms with E-state index in [1.165, 1.54) is 18.4 Å². The summed E-state index contributed by atoms with van der Waals surface area (Å²) in [7, 11) is 1.45. The molecule has 0 spiro atoms. The molecule has 1 saturated heterocycles. The number of aliphatic imine (C=N–C) groups is 1. The van der Waals surface area contributed by atoms with E-state index in [1.54, 1.807) is 0 Å². The van der Waals surface area contributed by atoms with Gasteiger partial charge in [0.15, 0.2) is 0 Å². The molecule has 0 aromatic heterocycles. The van der Waals surface area contributed by atoms with Crippen LogP contribution in [0.5, 0.6) is 0 Å². The fourth-order valence-electron chi connectivity index (χ4n) is 3.82. The minimum atomic E-state index is -0.171. The molecule has 0 aliphatic carbocycles. The Labute approximate surface area is 146 Å². The van der Waals surface area contributed by atoms with Crippen LogP contribution in [0.4, 0.5) is 0 Å². The molecule has 2 aliphatic heterocycles. The van der Waals surface area contributed by atoms with Crippen molar-refractivity contribution in [2.75, 3.05) is 33.3 Å². The molecule has 0 amide bonds. The number of methoxy groups -OCH3 is 1. The van der Waals surface area contributed by atoms with Crippen molar-refractivity contribution in [2.45, 2.75) is 54.5 Å². The van der Waals surface area contributed by atoms with E-state index in [0.29, 0.717) is 6.54 Å². The predicted molar refractivity (Wildman–Crippen MR) is 98.0 cm³/mol. The second kappa shape index (κ2) is 6.51. The molecular formula is C19H33N3O2. The van der Waals surface area contributed by atoms with E-state index in [1.807, 2.05) is 0 Å². The molecule has 5 heteroatoms. The number of esters is 1. The highest BCUT2D eigenvalue weighted by Crippen LogP contribution is 2.40. The Morgan fingerprint density at radius 2 is 1.79 bits per heavy atom. The van der Waals surface area contributed by atoms with Crippen LogP contribution in [-0.4, -0.2) is 60.9 Å². The van der Waals surface area contributed by atoms with Crippen LogP contribution in [0.25, 0.3) is 0 Å². The summed E-state index contributed by atoms with van der Waals surface area (Å²) in [6, 6.07) is 0.170. The molecule has 0 bridgehead atoms. The molecule has 0 aromatic carbocycles. The lowest BCUT2D eigenvalue weighted by Crippen LogP contribution is -2.54. The summed E-state index contributed by atoms with van der Waals surface area (Å²) >= 11 is 0. The van der Waals surface area contributed by atoms with Crippen LogP contribution in [0, 0.1) is 10.8 Å². The maximum Gasteiger partial charge on any atom is 0.319 e. The molecule has 5 nitrogen and oxygen atoms in total. The van der Waals surface area contributed by atoms with Crippen molar-refractivity contribution in [2.24, 2.45) is 15.8 Å². The van der Waals surface area contributed by atoms with Crippen LogP contribution in [0.2, 0.25) is 0 Å². The Bertz CT molecular complexity index is 564. The van der Waals surface area contributed by atoms with Crippen LogP contribution < -0.4 is 0 Å². The molecule has 0 unspecified atom stereocenters. The van der Waals surface area contributed by atoms with Crippen molar-refractivity contribution in [3.63, 3.8) is 0 Å². The Kier molecular flexibility index (Phi) is 5.14. The van der Waals surface area contributed by atoms with Gasteiger partial charge in [0.2, 0.25) is 0 Å². The van der Waals surface area contributed by atoms with Crippen molar-refractivity contribution < 1.29 is 9.53 Å². The van der Waals surface area contributed by atoms with Crippen molar-refractivity contribution in [3.8, 4) is 0 Å². The number of fused-ring (bicyclic) bond motifs is 1. The van der Waals surface area contributed by atoms with E-state index in [0.717, 1.165) is 25.5 Å². The normalized spacial score (nSPS) is 23.1. The zero-order chi connectivity index (χ0) is 18.3. The first-order chi connectivity index (χ1) is 10.9. The summed E-state index contributed by atoms with van der Waals surface area (Å²) in [6.45, 7) is 18.5. The van der Waals surface area contributed by atoms with Gasteiger partial charge in [0.1, 0.15) is 5.84 Å². The van der Waals surface area contributed by atoms with Crippen molar-refractivity contribution >= 4 is 11.8 Å². The average Bonchev–Trinajstić information content (AvgIpc) is 2.43. The van der Waals surface area contributed by atoms with Gasteiger partial charge in [0.05, 0.1) is 19.7 Å². The van der Waals surface area contributed by atoms with E-state index >= 15 is 0 Å². The first-order valence-corrected chi connectivity index (χ1v) is 8.83. The van der Waals surface area contributed by atoms with Crippen molar-refractivity contribution in [3.05, 3.63) is 11.3 Å². The highest BCUT2D eigenvalue weighted by atomic mass is 16.5. The number of nitrogens with zero attached hydrogens (tertiary/aromatic N) is 3. The van der Waals surface area contributed by atoms with Gasteiger partial charge in [-0.1, -0.05) is 41.5 Å². The summed E-state index contributed by atoms with van der Waals surface area (Å²) in [5.74, 6) is 0.991. The minimum absolute atomic E-state index is 0.00738. The highest BCUT2D eigenvalue weighted by molar-refractivity contribution is 5.90. The largest absolute Gasteiger partial charge is 0.468 e. The van der Waals surface area contributed by atoms with Crippen LogP contribution in [0.3, 0.4) is 0 Å². The zero-order valence-electron chi connectivity index (χ0n) is 16.6. The van der Waals surface area contributed by atoms with Crippen molar-refractivity contribution in [1.29, 1.82) is 0 Å². The van der Waals surface area contributed by atoms with Gasteiger partial charge in [0, 0.05) is 30.7 Å². The van der Waals surface area contributed by atoms with Gasteiger partial charge in [-0.3, -0.25) is 14.7 Å². The first-order valence-electron chi connectivity index (χ1n) is 8.83. The van der Waals surface area contributed by atoms with E-state index < -0.39 is 0 Å². The number of carbonyl (C=O) groups is 1. The second-order valence-corrected chi connectivity index (χ2v) is 8.93. The molecule has 0 radical (unpaired) electrons. The van der Waals surface area contributed by atoms with Gasteiger partial charge in [-0.05, 0) is 17.9 Å². The summed E-state index contributed by atoms with van der Waals surface area (Å²) in [6.07, 6.45) is 0. The Balaban J connectivity index is 2.41. The highest BCUT2D eigenvalue weighted by Gasteiger charge is 2.40. The molecule has 1 atom stereocenters. The number of carbonyl (C=O) groups excluding carboxylic acids is 1. The fraction of sp³-hybridized carbons (Fsp3) is 0.789. The molecule has 0 saturated carbocycles.